The fourth-order valence-corrected chi connectivity index (χ4v) is 5.77. The van der Waals surface area contributed by atoms with Crippen molar-refractivity contribution >= 4 is 21.4 Å². The van der Waals surface area contributed by atoms with E-state index in [0.717, 1.165) is 24.4 Å². The summed E-state index contributed by atoms with van der Waals surface area (Å²) in [6.07, 6.45) is 0.881. The van der Waals surface area contributed by atoms with E-state index in [9.17, 15) is 8.42 Å². The summed E-state index contributed by atoms with van der Waals surface area (Å²) in [4.78, 5) is 3.55. The van der Waals surface area contributed by atoms with Gasteiger partial charge in [-0.25, -0.2) is 8.42 Å². The Morgan fingerprint density at radius 2 is 2.20 bits per heavy atom. The fourth-order valence-electron chi connectivity index (χ4n) is 2.68. The first-order chi connectivity index (χ1) is 9.46. The third-order valence-electron chi connectivity index (χ3n) is 3.61. The van der Waals surface area contributed by atoms with Crippen molar-refractivity contribution in [1.29, 1.82) is 0 Å². The predicted molar refractivity (Wildman–Crippen MR) is 82.6 cm³/mol. The van der Waals surface area contributed by atoms with Crippen molar-refractivity contribution in [1.82, 2.24) is 14.5 Å². The number of rotatable bonds is 4. The van der Waals surface area contributed by atoms with Crippen molar-refractivity contribution in [2.75, 3.05) is 33.7 Å². The molecule has 0 spiro atoms. The van der Waals surface area contributed by atoms with Gasteiger partial charge in [-0.15, -0.1) is 11.3 Å². The number of thiophene rings is 1. The maximum atomic E-state index is 12.9. The number of nitrogens with one attached hydrogen (secondary N) is 1. The molecule has 20 heavy (non-hydrogen) atoms. The molecule has 1 N–H and O–H groups in total. The summed E-state index contributed by atoms with van der Waals surface area (Å²) in [6, 6.07) is 1.74. The Labute approximate surface area is 125 Å². The first-order valence-electron chi connectivity index (χ1n) is 6.88. The molecule has 0 aromatic carbocycles. The van der Waals surface area contributed by atoms with Gasteiger partial charge in [0.25, 0.3) is 0 Å². The van der Waals surface area contributed by atoms with E-state index < -0.39 is 10.0 Å². The second kappa shape index (κ2) is 6.53. The van der Waals surface area contributed by atoms with Crippen molar-refractivity contribution in [3.05, 3.63) is 16.3 Å². The summed E-state index contributed by atoms with van der Waals surface area (Å²) in [5.74, 6) is 0. The van der Waals surface area contributed by atoms with E-state index in [1.165, 1.54) is 11.3 Å². The number of nitrogens with zero attached hydrogens (tertiary/aromatic N) is 2. The van der Waals surface area contributed by atoms with E-state index in [1.807, 2.05) is 26.4 Å². The van der Waals surface area contributed by atoms with E-state index >= 15 is 0 Å². The molecule has 1 atom stereocenters. The first-order valence-corrected chi connectivity index (χ1v) is 9.20. The fraction of sp³-hybridized carbons (Fsp3) is 0.692. The molecule has 0 saturated carbocycles. The highest BCUT2D eigenvalue weighted by Crippen LogP contribution is 2.27. The largest absolute Gasteiger partial charge is 0.315 e. The lowest BCUT2D eigenvalue weighted by molar-refractivity contribution is 0.290. The summed E-state index contributed by atoms with van der Waals surface area (Å²) in [5.41, 5.74) is 0. The molecule has 1 aromatic rings. The Bertz CT molecular complexity index is 542. The average molecular weight is 317 g/mol. The van der Waals surface area contributed by atoms with E-state index in [4.69, 9.17) is 0 Å². The van der Waals surface area contributed by atoms with E-state index in [2.05, 4.69) is 10.2 Å². The standard InChI is InChI=1S/C13H23N3O2S2/c1-11-10-15(3)6-4-7-16(11)20(17,18)13-5-8-19-12(13)9-14-2/h5,8,11,14H,4,6-7,9-10H2,1-3H3. The van der Waals surface area contributed by atoms with Crippen LogP contribution in [0.1, 0.15) is 18.2 Å². The summed E-state index contributed by atoms with van der Waals surface area (Å²) in [6.45, 7) is 4.91. The first kappa shape index (κ1) is 15.9. The zero-order chi connectivity index (χ0) is 14.8. The molecule has 114 valence electrons. The Balaban J connectivity index is 2.31. The number of hydrogen-bond acceptors (Lipinski definition) is 5. The van der Waals surface area contributed by atoms with Gasteiger partial charge in [-0.1, -0.05) is 0 Å². The number of sulfonamides is 1. The quantitative estimate of drug-likeness (QED) is 0.906. The van der Waals surface area contributed by atoms with Crippen LogP contribution in [0.3, 0.4) is 0 Å². The normalized spacial score (nSPS) is 22.9. The van der Waals surface area contributed by atoms with Crippen molar-refractivity contribution in [3.63, 3.8) is 0 Å². The maximum absolute atomic E-state index is 12.9. The minimum Gasteiger partial charge on any atom is -0.315 e. The molecule has 0 aliphatic carbocycles. The third-order valence-corrected chi connectivity index (χ3v) is 6.76. The second-order valence-electron chi connectivity index (χ2n) is 5.32. The van der Waals surface area contributed by atoms with Crippen LogP contribution >= 0.6 is 11.3 Å². The summed E-state index contributed by atoms with van der Waals surface area (Å²) < 4.78 is 27.5. The van der Waals surface area contributed by atoms with Crippen LogP contribution in [0.4, 0.5) is 0 Å². The molecule has 0 bridgehead atoms. The molecule has 1 saturated heterocycles. The molecule has 0 radical (unpaired) electrons. The summed E-state index contributed by atoms with van der Waals surface area (Å²) >= 11 is 1.49. The van der Waals surface area contributed by atoms with Crippen LogP contribution in [0.25, 0.3) is 0 Å². The SMILES string of the molecule is CNCc1sccc1S(=O)(=O)N1CCCN(C)CC1C. The van der Waals surface area contributed by atoms with Gasteiger partial charge in [0.15, 0.2) is 0 Å². The zero-order valence-electron chi connectivity index (χ0n) is 12.3. The topological polar surface area (TPSA) is 52.7 Å². The molecular weight excluding hydrogens is 294 g/mol. The van der Waals surface area contributed by atoms with Crippen LogP contribution in [-0.4, -0.2) is 57.4 Å². The summed E-state index contributed by atoms with van der Waals surface area (Å²) in [5, 5.41) is 4.89. The Kier molecular flexibility index (Phi) is 5.19. The molecule has 1 aliphatic rings. The van der Waals surface area contributed by atoms with Gasteiger partial charge in [0.05, 0.1) is 4.90 Å². The number of hydrogen-bond donors (Lipinski definition) is 1. The lowest BCUT2D eigenvalue weighted by atomic mass is 10.3. The van der Waals surface area contributed by atoms with Gasteiger partial charge >= 0.3 is 0 Å². The van der Waals surface area contributed by atoms with Gasteiger partial charge in [0.1, 0.15) is 0 Å². The predicted octanol–water partition coefficient (Wildman–Crippen LogP) is 1.18. The molecule has 1 aromatic heterocycles. The molecule has 0 amide bonds. The minimum atomic E-state index is -3.39. The minimum absolute atomic E-state index is 0.00911. The van der Waals surface area contributed by atoms with E-state index in [-0.39, 0.29) is 6.04 Å². The van der Waals surface area contributed by atoms with Crippen LogP contribution in [0, 0.1) is 0 Å². The molecule has 2 heterocycles. The molecule has 7 heteroatoms. The van der Waals surface area contributed by atoms with Gasteiger partial charge in [0.2, 0.25) is 10.0 Å². The molecular formula is C13H23N3O2S2. The lowest BCUT2D eigenvalue weighted by Crippen LogP contribution is -2.42. The van der Waals surface area contributed by atoms with Crippen LogP contribution in [0.2, 0.25) is 0 Å². The highest BCUT2D eigenvalue weighted by Gasteiger charge is 2.32. The highest BCUT2D eigenvalue weighted by atomic mass is 32.2. The molecule has 2 rings (SSSR count). The van der Waals surface area contributed by atoms with Crippen LogP contribution in [0.5, 0.6) is 0 Å². The lowest BCUT2D eigenvalue weighted by Gasteiger charge is -2.27. The Morgan fingerprint density at radius 3 is 2.90 bits per heavy atom. The van der Waals surface area contributed by atoms with Gasteiger partial charge in [-0.3, -0.25) is 0 Å². The molecule has 1 aliphatic heterocycles. The van der Waals surface area contributed by atoms with Crippen molar-refractivity contribution < 1.29 is 8.42 Å². The maximum Gasteiger partial charge on any atom is 0.244 e. The molecule has 5 nitrogen and oxygen atoms in total. The van der Waals surface area contributed by atoms with Gasteiger partial charge in [-0.05, 0) is 45.4 Å². The summed E-state index contributed by atoms with van der Waals surface area (Å²) in [7, 11) is 0.488. The molecule has 1 fully saturated rings. The highest BCUT2D eigenvalue weighted by molar-refractivity contribution is 7.89. The number of likely N-dealkylation sites (N-methyl/N-ethyl adjacent to an activating group) is 1. The second-order valence-corrected chi connectivity index (χ2v) is 8.18. The van der Waals surface area contributed by atoms with Gasteiger partial charge in [-0.2, -0.15) is 4.31 Å². The van der Waals surface area contributed by atoms with Crippen LogP contribution in [0.15, 0.2) is 16.3 Å². The smallest absolute Gasteiger partial charge is 0.244 e. The third kappa shape index (κ3) is 3.23. The average Bonchev–Trinajstić information content (AvgIpc) is 2.76. The van der Waals surface area contributed by atoms with Crippen molar-refractivity contribution in [2.24, 2.45) is 0 Å². The Morgan fingerprint density at radius 1 is 1.45 bits per heavy atom. The zero-order valence-corrected chi connectivity index (χ0v) is 13.9. The van der Waals surface area contributed by atoms with Gasteiger partial charge < -0.3 is 10.2 Å². The van der Waals surface area contributed by atoms with Crippen molar-refractivity contribution in [2.45, 2.75) is 30.8 Å². The Hall–Kier alpha value is -0.470. The molecule has 1 unspecified atom stereocenters. The van der Waals surface area contributed by atoms with Crippen LogP contribution in [-0.2, 0) is 16.6 Å². The monoisotopic (exact) mass is 317 g/mol. The van der Waals surface area contributed by atoms with E-state index in [1.54, 1.807) is 10.4 Å². The van der Waals surface area contributed by atoms with Gasteiger partial charge in [0, 0.05) is 30.6 Å². The van der Waals surface area contributed by atoms with E-state index in [0.29, 0.717) is 18.0 Å². The van der Waals surface area contributed by atoms with Crippen LogP contribution < -0.4 is 5.32 Å². The van der Waals surface area contributed by atoms with Crippen molar-refractivity contribution in [3.8, 4) is 0 Å².